The van der Waals surface area contributed by atoms with Crippen molar-refractivity contribution in [1.29, 1.82) is 0 Å². The number of sulfone groups is 1. The van der Waals surface area contributed by atoms with E-state index < -0.39 is 9.84 Å². The summed E-state index contributed by atoms with van der Waals surface area (Å²) in [5.74, 6) is 0.271. The molecule has 35 heavy (non-hydrogen) atoms. The van der Waals surface area contributed by atoms with Gasteiger partial charge in [-0.2, -0.15) is 0 Å². The van der Waals surface area contributed by atoms with E-state index in [2.05, 4.69) is 9.98 Å². The minimum absolute atomic E-state index is 0.136. The number of phenols is 2. The van der Waals surface area contributed by atoms with Crippen LogP contribution in [-0.4, -0.2) is 30.1 Å². The number of phenolic OH excluding ortho intramolecular Hbond substituents is 2. The molecular formula is C28H24N2O4S. The molecule has 0 radical (unpaired) electrons. The van der Waals surface area contributed by atoms with Gasteiger partial charge in [-0.3, -0.25) is 9.98 Å². The molecule has 0 saturated carbocycles. The van der Waals surface area contributed by atoms with Crippen molar-refractivity contribution >= 4 is 32.6 Å². The fourth-order valence-corrected chi connectivity index (χ4v) is 4.86. The summed E-state index contributed by atoms with van der Waals surface area (Å²) in [7, 11) is -3.72. The second-order valence-electron chi connectivity index (χ2n) is 7.92. The van der Waals surface area contributed by atoms with E-state index in [4.69, 9.17) is 0 Å². The first-order chi connectivity index (χ1) is 16.8. The third-order valence-corrected chi connectivity index (χ3v) is 7.26. The molecule has 2 N–H and O–H groups in total. The Morgan fingerprint density at radius 2 is 0.914 bits per heavy atom. The van der Waals surface area contributed by atoms with Gasteiger partial charge in [0.1, 0.15) is 11.5 Å². The van der Waals surface area contributed by atoms with E-state index >= 15 is 0 Å². The molecule has 176 valence electrons. The van der Waals surface area contributed by atoms with Crippen LogP contribution in [0.15, 0.2) is 117 Å². The maximum Gasteiger partial charge on any atom is 0.206 e. The summed E-state index contributed by atoms with van der Waals surface area (Å²) in [4.78, 5) is 9.27. The summed E-state index contributed by atoms with van der Waals surface area (Å²) in [5, 5.41) is 20.0. The van der Waals surface area contributed by atoms with Crippen molar-refractivity contribution in [1.82, 2.24) is 0 Å². The molecule has 7 heteroatoms. The largest absolute Gasteiger partial charge is 0.507 e. The Morgan fingerprint density at radius 1 is 0.571 bits per heavy atom. The molecule has 0 aliphatic rings. The lowest BCUT2D eigenvalue weighted by molar-refractivity contribution is 0.473. The Hall–Kier alpha value is -4.23. The SMILES string of the molecule is CC(=Nc1ccc(S(=O)(=O)c2ccc(N=C(C)c3ccccc3O)cc2)cc1)c1ccccc1O. The molecule has 0 spiro atoms. The maximum atomic E-state index is 13.1. The molecule has 4 rings (SSSR count). The predicted molar refractivity (Wildman–Crippen MR) is 138 cm³/mol. The number of nitrogens with zero attached hydrogens (tertiary/aromatic N) is 2. The second kappa shape index (κ2) is 9.95. The lowest BCUT2D eigenvalue weighted by atomic mass is 10.1. The van der Waals surface area contributed by atoms with Crippen LogP contribution in [0.4, 0.5) is 11.4 Å². The highest BCUT2D eigenvalue weighted by Crippen LogP contribution is 2.27. The minimum Gasteiger partial charge on any atom is -0.507 e. The number of rotatable bonds is 6. The van der Waals surface area contributed by atoms with Crippen LogP contribution < -0.4 is 0 Å². The summed E-state index contributed by atoms with van der Waals surface area (Å²) < 4.78 is 26.2. The molecule has 0 heterocycles. The van der Waals surface area contributed by atoms with Crippen molar-refractivity contribution < 1.29 is 18.6 Å². The van der Waals surface area contributed by atoms with E-state index in [1.165, 1.54) is 24.3 Å². The van der Waals surface area contributed by atoms with Crippen LogP contribution in [0.1, 0.15) is 25.0 Å². The molecule has 4 aromatic carbocycles. The van der Waals surface area contributed by atoms with Crippen molar-refractivity contribution in [2.75, 3.05) is 0 Å². The maximum absolute atomic E-state index is 13.1. The van der Waals surface area contributed by atoms with Gasteiger partial charge in [-0.15, -0.1) is 0 Å². The highest BCUT2D eigenvalue weighted by molar-refractivity contribution is 7.91. The molecule has 0 aliphatic heterocycles. The van der Waals surface area contributed by atoms with Crippen LogP contribution in [0.5, 0.6) is 11.5 Å². The summed E-state index contributed by atoms with van der Waals surface area (Å²) in [6, 6.07) is 26.4. The minimum atomic E-state index is -3.72. The molecule has 0 unspecified atom stereocenters. The van der Waals surface area contributed by atoms with Crippen LogP contribution in [0.2, 0.25) is 0 Å². The number of hydrogen-bond acceptors (Lipinski definition) is 6. The molecular weight excluding hydrogens is 460 g/mol. The first kappa shape index (κ1) is 23.9. The van der Waals surface area contributed by atoms with Crippen LogP contribution >= 0.6 is 0 Å². The van der Waals surface area contributed by atoms with Gasteiger partial charge < -0.3 is 10.2 Å². The van der Waals surface area contributed by atoms with Crippen molar-refractivity contribution in [3.05, 3.63) is 108 Å². The van der Waals surface area contributed by atoms with Crippen molar-refractivity contribution in [3.63, 3.8) is 0 Å². The molecule has 0 saturated heterocycles. The Bertz CT molecular complexity index is 1410. The monoisotopic (exact) mass is 484 g/mol. The third-order valence-electron chi connectivity index (χ3n) is 5.48. The van der Waals surface area contributed by atoms with Crippen LogP contribution in [-0.2, 0) is 9.84 Å². The molecule has 0 fully saturated rings. The second-order valence-corrected chi connectivity index (χ2v) is 9.87. The average molecular weight is 485 g/mol. The zero-order valence-electron chi connectivity index (χ0n) is 19.3. The van der Waals surface area contributed by atoms with E-state index in [0.29, 0.717) is 33.9 Å². The smallest absolute Gasteiger partial charge is 0.206 e. The summed E-state index contributed by atoms with van der Waals surface area (Å²) in [6.45, 7) is 3.56. The van der Waals surface area contributed by atoms with Gasteiger partial charge >= 0.3 is 0 Å². The number of hydrogen-bond donors (Lipinski definition) is 2. The molecule has 0 aliphatic carbocycles. The molecule has 0 bridgehead atoms. The molecule has 0 amide bonds. The Morgan fingerprint density at radius 3 is 1.26 bits per heavy atom. The first-order valence-corrected chi connectivity index (χ1v) is 12.4. The predicted octanol–water partition coefficient (Wildman–Crippen LogP) is 6.21. The number of aromatic hydroxyl groups is 2. The van der Waals surface area contributed by atoms with Crippen molar-refractivity contribution in [2.24, 2.45) is 9.98 Å². The number of aliphatic imine (C=N–C) groups is 2. The average Bonchev–Trinajstić information content (AvgIpc) is 2.85. The summed E-state index contributed by atoms with van der Waals surface area (Å²) in [6.07, 6.45) is 0. The van der Waals surface area contributed by atoms with Crippen molar-refractivity contribution in [2.45, 2.75) is 23.6 Å². The number of benzene rings is 4. The van der Waals surface area contributed by atoms with E-state index in [-0.39, 0.29) is 21.3 Å². The standard InChI is InChI=1S/C28H24N2O4S/c1-19(25-7-3-5-9-27(25)31)29-21-11-15-23(16-12-21)35(33,34)24-17-13-22(14-18-24)30-20(2)26-8-4-6-10-28(26)32/h3-18,31-32H,1-2H3. The van der Waals surface area contributed by atoms with Gasteiger partial charge in [0.05, 0.1) is 21.2 Å². The van der Waals surface area contributed by atoms with Gasteiger partial charge in [0.2, 0.25) is 9.84 Å². The summed E-state index contributed by atoms with van der Waals surface area (Å²) >= 11 is 0. The third kappa shape index (κ3) is 5.31. The first-order valence-electron chi connectivity index (χ1n) is 10.9. The van der Waals surface area contributed by atoms with Gasteiger partial charge in [-0.05, 0) is 86.6 Å². The fourth-order valence-electron chi connectivity index (χ4n) is 3.60. The fraction of sp³-hybridized carbons (Fsp3) is 0.0714. The zero-order valence-corrected chi connectivity index (χ0v) is 20.1. The quantitative estimate of drug-likeness (QED) is 0.318. The molecule has 0 atom stereocenters. The normalized spacial score (nSPS) is 12.5. The molecule has 4 aromatic rings. The van der Waals surface area contributed by atoms with E-state index in [1.54, 1.807) is 74.5 Å². The highest BCUT2D eigenvalue weighted by atomic mass is 32.2. The van der Waals surface area contributed by atoms with Gasteiger partial charge in [-0.1, -0.05) is 24.3 Å². The topological polar surface area (TPSA) is 99.3 Å². The molecule has 6 nitrogen and oxygen atoms in total. The van der Waals surface area contributed by atoms with Gasteiger partial charge in [0.15, 0.2) is 0 Å². The Kier molecular flexibility index (Phi) is 6.80. The van der Waals surface area contributed by atoms with Crippen molar-refractivity contribution in [3.8, 4) is 11.5 Å². The van der Waals surface area contributed by atoms with E-state index in [1.807, 2.05) is 12.1 Å². The van der Waals surface area contributed by atoms with Gasteiger partial charge in [0.25, 0.3) is 0 Å². The number of para-hydroxylation sites is 2. The van der Waals surface area contributed by atoms with Gasteiger partial charge in [0, 0.05) is 22.6 Å². The Labute approximate surface area is 204 Å². The lowest BCUT2D eigenvalue weighted by Crippen LogP contribution is -2.01. The van der Waals surface area contributed by atoms with Crippen LogP contribution in [0.25, 0.3) is 0 Å². The summed E-state index contributed by atoms with van der Waals surface area (Å²) in [5.41, 5.74) is 3.63. The van der Waals surface area contributed by atoms with Gasteiger partial charge in [-0.25, -0.2) is 8.42 Å². The van der Waals surface area contributed by atoms with E-state index in [0.717, 1.165) is 0 Å². The zero-order chi connectivity index (χ0) is 25.0. The molecule has 0 aromatic heterocycles. The van der Waals surface area contributed by atoms with E-state index in [9.17, 15) is 18.6 Å². The van der Waals surface area contributed by atoms with Crippen LogP contribution in [0, 0.1) is 0 Å². The Balaban J connectivity index is 1.55. The van der Waals surface area contributed by atoms with Crippen LogP contribution in [0.3, 0.4) is 0 Å². The highest BCUT2D eigenvalue weighted by Gasteiger charge is 2.17. The lowest BCUT2D eigenvalue weighted by Gasteiger charge is -2.07.